The molecule has 0 aliphatic heterocycles. The number of nitrogen functional groups attached to an aromatic ring is 1. The average molecular weight is 397 g/mol. The molecule has 112 valence electrons. The second kappa shape index (κ2) is 5.67. The van der Waals surface area contributed by atoms with E-state index in [4.69, 9.17) is 18.0 Å². The molecule has 2 heterocycles. The van der Waals surface area contributed by atoms with Gasteiger partial charge in [-0.2, -0.15) is 0 Å². The van der Waals surface area contributed by atoms with Crippen LogP contribution < -0.4 is 11.3 Å². The lowest BCUT2D eigenvalue weighted by atomic mass is 10.1. The van der Waals surface area contributed by atoms with Crippen molar-refractivity contribution in [2.75, 3.05) is 5.73 Å². The summed E-state index contributed by atoms with van der Waals surface area (Å²) in [6.07, 6.45) is 0. The van der Waals surface area contributed by atoms with E-state index in [-0.39, 0.29) is 16.2 Å². The van der Waals surface area contributed by atoms with Crippen LogP contribution in [0.1, 0.15) is 0 Å². The number of rotatable bonds is 2. The fourth-order valence-corrected chi connectivity index (χ4v) is 3.35. The maximum Gasteiger partial charge on any atom is 0.264 e. The van der Waals surface area contributed by atoms with Crippen LogP contribution in [-0.4, -0.2) is 20.1 Å². The monoisotopic (exact) mass is 396 g/mol. The summed E-state index contributed by atoms with van der Waals surface area (Å²) in [5.41, 5.74) is 6.67. The molecular weight excluding hydrogens is 388 g/mol. The highest BCUT2D eigenvalue weighted by atomic mass is 79.9. The third-order valence-electron chi connectivity index (χ3n) is 2.91. The summed E-state index contributed by atoms with van der Waals surface area (Å²) in [6.45, 7) is 0. The van der Waals surface area contributed by atoms with E-state index in [1.54, 1.807) is 0 Å². The van der Waals surface area contributed by atoms with Crippen molar-refractivity contribution >= 4 is 44.6 Å². The number of aromatic hydroxyl groups is 1. The van der Waals surface area contributed by atoms with Crippen LogP contribution in [0.2, 0.25) is 0 Å². The molecular formula is C13H9BrN4O2S2. The summed E-state index contributed by atoms with van der Waals surface area (Å²) >= 11 is 9.31. The number of benzene rings is 1. The third-order valence-corrected chi connectivity index (χ3v) is 4.55. The first-order valence-corrected chi connectivity index (χ1v) is 8.05. The Bertz CT molecular complexity index is 959. The minimum Gasteiger partial charge on any atom is -0.494 e. The molecule has 0 aliphatic rings. The topological polar surface area (TPSA) is 108 Å². The minimum absolute atomic E-state index is 0.0499. The van der Waals surface area contributed by atoms with Gasteiger partial charge >= 0.3 is 0 Å². The molecule has 9 heteroatoms. The second-order valence-corrected chi connectivity index (χ2v) is 6.72. The first-order valence-electron chi connectivity index (χ1n) is 6.04. The predicted molar refractivity (Wildman–Crippen MR) is 92.6 cm³/mol. The molecule has 22 heavy (non-hydrogen) atoms. The third kappa shape index (κ3) is 2.70. The molecule has 0 atom stereocenters. The Kier molecular flexibility index (Phi) is 3.85. The summed E-state index contributed by atoms with van der Waals surface area (Å²) in [5.74, 6) is -0.309. The van der Waals surface area contributed by atoms with Crippen LogP contribution in [0.5, 0.6) is 5.88 Å². The Hall–Kier alpha value is -1.97. The number of halogens is 1. The lowest BCUT2D eigenvalue weighted by Crippen LogP contribution is -2.10. The summed E-state index contributed by atoms with van der Waals surface area (Å²) in [5, 5.41) is 10.3. The quantitative estimate of drug-likeness (QED) is 0.497. The van der Waals surface area contributed by atoms with Gasteiger partial charge in [-0.05, 0) is 24.4 Å². The van der Waals surface area contributed by atoms with Gasteiger partial charge in [0.25, 0.3) is 5.56 Å². The molecule has 5 N–H and O–H groups in total. The number of anilines is 1. The highest BCUT2D eigenvalue weighted by molar-refractivity contribution is 9.10. The zero-order valence-electron chi connectivity index (χ0n) is 10.9. The lowest BCUT2D eigenvalue weighted by molar-refractivity contribution is 0.452. The number of nitrogens with two attached hydrogens (primary N) is 1. The van der Waals surface area contributed by atoms with Crippen LogP contribution in [0.4, 0.5) is 5.13 Å². The Labute approximate surface area is 141 Å². The van der Waals surface area contributed by atoms with Gasteiger partial charge < -0.3 is 15.8 Å². The molecule has 0 spiro atoms. The van der Waals surface area contributed by atoms with Crippen molar-refractivity contribution in [3.8, 4) is 27.6 Å². The standard InChI is InChI=1S/C13H9BrN4O2S2/c14-6-3-1-5(2-4-6)8-9(22-12(15)16-8)7-10(19)17-13(21)18-11(7)20/h1-4H,(H2,15,16)(H3,17,18,19,20,21). The highest BCUT2D eigenvalue weighted by Gasteiger charge is 2.20. The van der Waals surface area contributed by atoms with Gasteiger partial charge in [-0.3, -0.25) is 9.78 Å². The number of nitrogens with zero attached hydrogens (tertiary/aromatic N) is 1. The number of hydrogen-bond donors (Lipinski definition) is 4. The van der Waals surface area contributed by atoms with Gasteiger partial charge in [-0.15, -0.1) is 0 Å². The van der Waals surface area contributed by atoms with Crippen molar-refractivity contribution in [3.05, 3.63) is 43.9 Å². The maximum absolute atomic E-state index is 12.1. The molecule has 0 fully saturated rings. The lowest BCUT2D eigenvalue weighted by Gasteiger charge is -2.04. The van der Waals surface area contributed by atoms with E-state index in [1.165, 1.54) is 0 Å². The fourth-order valence-electron chi connectivity index (χ4n) is 1.99. The number of aromatic nitrogens is 3. The van der Waals surface area contributed by atoms with E-state index < -0.39 is 5.56 Å². The van der Waals surface area contributed by atoms with Crippen LogP contribution in [0.3, 0.4) is 0 Å². The van der Waals surface area contributed by atoms with Gasteiger partial charge in [0.2, 0.25) is 5.88 Å². The van der Waals surface area contributed by atoms with E-state index >= 15 is 0 Å². The van der Waals surface area contributed by atoms with Crippen LogP contribution in [0.25, 0.3) is 21.7 Å². The van der Waals surface area contributed by atoms with Gasteiger partial charge in [0, 0.05) is 10.0 Å². The van der Waals surface area contributed by atoms with E-state index in [1.807, 2.05) is 24.3 Å². The first-order chi connectivity index (χ1) is 10.5. The average Bonchev–Trinajstić information content (AvgIpc) is 2.80. The van der Waals surface area contributed by atoms with Crippen molar-refractivity contribution in [1.29, 1.82) is 0 Å². The van der Waals surface area contributed by atoms with E-state index in [2.05, 4.69) is 30.9 Å². The van der Waals surface area contributed by atoms with Crippen LogP contribution in [0, 0.1) is 4.77 Å². The summed E-state index contributed by atoms with van der Waals surface area (Å²) in [6, 6.07) is 7.41. The summed E-state index contributed by atoms with van der Waals surface area (Å²) in [7, 11) is 0. The Morgan fingerprint density at radius 3 is 2.59 bits per heavy atom. The zero-order chi connectivity index (χ0) is 15.9. The van der Waals surface area contributed by atoms with Crippen molar-refractivity contribution in [2.24, 2.45) is 0 Å². The molecule has 0 bridgehead atoms. The smallest absolute Gasteiger partial charge is 0.264 e. The SMILES string of the molecule is Nc1nc(-c2ccc(Br)cc2)c(-c2c(O)[nH]c(=S)[nH]c2=O)s1. The highest BCUT2D eigenvalue weighted by Crippen LogP contribution is 2.39. The number of nitrogens with one attached hydrogen (secondary N) is 2. The Balaban J connectivity index is 2.28. The van der Waals surface area contributed by atoms with Gasteiger partial charge in [0.1, 0.15) is 5.56 Å². The summed E-state index contributed by atoms with van der Waals surface area (Å²) < 4.78 is 0.972. The molecule has 1 aromatic carbocycles. The number of H-pyrrole nitrogens is 2. The molecule has 0 saturated heterocycles. The fraction of sp³-hybridized carbons (Fsp3) is 0. The zero-order valence-corrected chi connectivity index (χ0v) is 14.1. The maximum atomic E-state index is 12.1. The van der Waals surface area contributed by atoms with Crippen LogP contribution in [-0.2, 0) is 0 Å². The molecule has 0 aliphatic carbocycles. The van der Waals surface area contributed by atoms with E-state index in [0.29, 0.717) is 15.7 Å². The van der Waals surface area contributed by atoms with Crippen molar-refractivity contribution < 1.29 is 5.11 Å². The first kappa shape index (κ1) is 14.9. The van der Waals surface area contributed by atoms with Crippen molar-refractivity contribution in [2.45, 2.75) is 0 Å². The molecule has 3 aromatic rings. The van der Waals surface area contributed by atoms with Crippen molar-refractivity contribution in [3.63, 3.8) is 0 Å². The van der Waals surface area contributed by atoms with E-state index in [0.717, 1.165) is 21.4 Å². The van der Waals surface area contributed by atoms with Gasteiger partial charge in [0.15, 0.2) is 9.90 Å². The van der Waals surface area contributed by atoms with Gasteiger partial charge in [-0.25, -0.2) is 4.98 Å². The predicted octanol–water partition coefficient (Wildman–Crippen LogP) is 3.27. The van der Waals surface area contributed by atoms with Crippen LogP contribution >= 0.6 is 39.5 Å². The number of hydrogen-bond acceptors (Lipinski definition) is 6. The Morgan fingerprint density at radius 2 is 1.95 bits per heavy atom. The van der Waals surface area contributed by atoms with Crippen molar-refractivity contribution in [1.82, 2.24) is 15.0 Å². The Morgan fingerprint density at radius 1 is 1.27 bits per heavy atom. The molecule has 2 aromatic heterocycles. The van der Waals surface area contributed by atoms with Crippen LogP contribution in [0.15, 0.2) is 33.5 Å². The van der Waals surface area contributed by atoms with Gasteiger partial charge in [0.05, 0.1) is 10.6 Å². The molecule has 0 radical (unpaired) electrons. The molecule has 0 saturated carbocycles. The number of thiazole rings is 1. The molecule has 0 amide bonds. The summed E-state index contributed by atoms with van der Waals surface area (Å²) in [4.78, 5) is 21.9. The van der Waals surface area contributed by atoms with E-state index in [9.17, 15) is 9.90 Å². The minimum atomic E-state index is -0.497. The van der Waals surface area contributed by atoms with Gasteiger partial charge in [-0.1, -0.05) is 39.4 Å². The molecule has 6 nitrogen and oxygen atoms in total. The number of aromatic amines is 2. The molecule has 0 unspecified atom stereocenters. The molecule has 3 rings (SSSR count). The second-order valence-electron chi connectivity index (χ2n) is 4.37. The largest absolute Gasteiger partial charge is 0.494 e. The normalized spacial score (nSPS) is 10.8.